The summed E-state index contributed by atoms with van der Waals surface area (Å²) in [5.41, 5.74) is 3.84. The molecular weight excluding hydrogens is 454 g/mol. The van der Waals surface area contributed by atoms with E-state index in [-0.39, 0.29) is 17.9 Å². The fraction of sp³-hybridized carbons (Fsp3) is 0.276. The van der Waals surface area contributed by atoms with E-state index in [2.05, 4.69) is 4.98 Å². The number of likely N-dealkylation sites (tertiary alicyclic amines) is 1. The zero-order valence-electron chi connectivity index (χ0n) is 21.1. The molecule has 36 heavy (non-hydrogen) atoms. The summed E-state index contributed by atoms with van der Waals surface area (Å²) in [7, 11) is 3.89. The van der Waals surface area contributed by atoms with E-state index in [9.17, 15) is 14.7 Å². The van der Waals surface area contributed by atoms with Crippen molar-refractivity contribution in [1.29, 1.82) is 0 Å². The molecule has 1 atom stereocenters. The van der Waals surface area contributed by atoms with Crippen LogP contribution in [0.15, 0.2) is 72.6 Å². The summed E-state index contributed by atoms with van der Waals surface area (Å²) in [4.78, 5) is 34.2. The molecule has 4 rings (SSSR count). The summed E-state index contributed by atoms with van der Waals surface area (Å²) in [6.07, 6.45) is 4.21. The van der Waals surface area contributed by atoms with Gasteiger partial charge in [-0.25, -0.2) is 0 Å². The normalized spacial score (nSPS) is 16.9. The van der Waals surface area contributed by atoms with E-state index in [1.165, 1.54) is 4.90 Å². The fourth-order valence-electron chi connectivity index (χ4n) is 4.39. The maximum Gasteiger partial charge on any atom is 0.295 e. The average Bonchev–Trinajstić information content (AvgIpc) is 3.12. The maximum absolute atomic E-state index is 13.3. The van der Waals surface area contributed by atoms with E-state index in [4.69, 9.17) is 4.74 Å². The van der Waals surface area contributed by atoms with Gasteiger partial charge in [0, 0.05) is 44.3 Å². The Morgan fingerprint density at radius 3 is 2.47 bits per heavy atom. The number of aliphatic hydroxyl groups is 1. The summed E-state index contributed by atoms with van der Waals surface area (Å²) < 4.78 is 5.70. The molecule has 1 unspecified atom stereocenters. The summed E-state index contributed by atoms with van der Waals surface area (Å²) in [6, 6.07) is 15.9. The van der Waals surface area contributed by atoms with E-state index in [0.29, 0.717) is 17.9 Å². The lowest BCUT2D eigenvalue weighted by atomic mass is 9.93. The molecule has 7 nitrogen and oxygen atoms in total. The molecule has 1 aliphatic heterocycles. The van der Waals surface area contributed by atoms with E-state index >= 15 is 0 Å². The van der Waals surface area contributed by atoms with Crippen LogP contribution in [-0.4, -0.2) is 47.4 Å². The largest absolute Gasteiger partial charge is 0.507 e. The number of pyridine rings is 1. The van der Waals surface area contributed by atoms with E-state index in [1.54, 1.807) is 30.6 Å². The molecular formula is C29H31N3O4. The minimum atomic E-state index is -0.739. The lowest BCUT2D eigenvalue weighted by Gasteiger charge is -2.26. The number of rotatable bonds is 8. The third-order valence-corrected chi connectivity index (χ3v) is 6.27. The van der Waals surface area contributed by atoms with Crippen molar-refractivity contribution in [1.82, 2.24) is 9.88 Å². The number of hydrogen-bond acceptors (Lipinski definition) is 6. The van der Waals surface area contributed by atoms with E-state index in [0.717, 1.165) is 28.8 Å². The molecule has 1 fully saturated rings. The quantitative estimate of drug-likeness (QED) is 0.279. The van der Waals surface area contributed by atoms with Crippen LogP contribution in [0.1, 0.15) is 41.6 Å². The van der Waals surface area contributed by atoms with E-state index in [1.807, 2.05) is 69.2 Å². The number of nitrogens with zero attached hydrogens (tertiary/aromatic N) is 3. The number of carbonyl (C=O) groups is 2. The van der Waals surface area contributed by atoms with Gasteiger partial charge in [-0.05, 0) is 66.4 Å². The van der Waals surface area contributed by atoms with Crippen molar-refractivity contribution in [2.45, 2.75) is 32.9 Å². The molecule has 1 amide bonds. The zero-order valence-corrected chi connectivity index (χ0v) is 21.1. The smallest absolute Gasteiger partial charge is 0.295 e. The highest BCUT2D eigenvalue weighted by atomic mass is 16.5. The Balaban J connectivity index is 1.82. The van der Waals surface area contributed by atoms with Crippen LogP contribution in [0.5, 0.6) is 5.75 Å². The van der Waals surface area contributed by atoms with Gasteiger partial charge in [0.1, 0.15) is 11.5 Å². The molecule has 1 aliphatic rings. The van der Waals surface area contributed by atoms with Gasteiger partial charge in [-0.15, -0.1) is 0 Å². The molecule has 0 radical (unpaired) electrons. The highest BCUT2D eigenvalue weighted by molar-refractivity contribution is 6.46. The number of Topliss-reactive ketones (excluding diaryl/α,β-unsaturated/α-hetero) is 1. The van der Waals surface area contributed by atoms with Gasteiger partial charge in [-0.2, -0.15) is 0 Å². The van der Waals surface area contributed by atoms with Crippen LogP contribution in [0.25, 0.3) is 5.76 Å². The molecule has 0 spiro atoms. The van der Waals surface area contributed by atoms with Crippen molar-refractivity contribution in [3.63, 3.8) is 0 Å². The third-order valence-electron chi connectivity index (χ3n) is 6.27. The minimum Gasteiger partial charge on any atom is -0.507 e. The lowest BCUT2D eigenvalue weighted by Crippen LogP contribution is -2.29. The monoisotopic (exact) mass is 485 g/mol. The second-order valence-corrected chi connectivity index (χ2v) is 9.10. The third kappa shape index (κ3) is 4.96. The van der Waals surface area contributed by atoms with Crippen LogP contribution >= 0.6 is 0 Å². The zero-order chi connectivity index (χ0) is 25.8. The first-order valence-electron chi connectivity index (χ1n) is 12.0. The molecule has 1 saturated heterocycles. The lowest BCUT2D eigenvalue weighted by molar-refractivity contribution is -0.140. The molecule has 1 aromatic heterocycles. The van der Waals surface area contributed by atoms with Crippen molar-refractivity contribution in [3.05, 3.63) is 94.8 Å². The number of anilines is 1. The number of carbonyl (C=O) groups excluding carboxylic acids is 2. The highest BCUT2D eigenvalue weighted by Gasteiger charge is 2.46. The van der Waals surface area contributed by atoms with Crippen LogP contribution < -0.4 is 9.64 Å². The topological polar surface area (TPSA) is 83.0 Å². The number of aromatic nitrogens is 1. The van der Waals surface area contributed by atoms with Crippen LogP contribution in [0.2, 0.25) is 0 Å². The molecule has 7 heteroatoms. The van der Waals surface area contributed by atoms with Crippen molar-refractivity contribution >= 4 is 23.1 Å². The van der Waals surface area contributed by atoms with Crippen LogP contribution in [0, 0.1) is 6.92 Å². The number of aliphatic hydroxyl groups excluding tert-OH is 1. The number of ether oxygens (including phenoxy) is 1. The van der Waals surface area contributed by atoms with Gasteiger partial charge in [0.05, 0.1) is 18.2 Å². The molecule has 186 valence electrons. The van der Waals surface area contributed by atoms with Crippen molar-refractivity contribution in [2.24, 2.45) is 0 Å². The SMILES string of the molecule is CCCOc1ccc(/C(O)=C2\C(=O)C(=O)N(Cc3cccnc3)C2c2ccc(N(C)C)cc2)c(C)c1. The van der Waals surface area contributed by atoms with Crippen LogP contribution in [0.3, 0.4) is 0 Å². The number of aryl methyl sites for hydroxylation is 1. The second kappa shape index (κ2) is 10.6. The number of hydrogen-bond donors (Lipinski definition) is 1. The van der Waals surface area contributed by atoms with Crippen LogP contribution in [0.4, 0.5) is 5.69 Å². The van der Waals surface area contributed by atoms with Gasteiger partial charge < -0.3 is 19.6 Å². The standard InChI is InChI=1S/C29H31N3O4/c1-5-15-36-23-12-13-24(19(2)16-23)27(33)25-26(21-8-10-22(11-9-21)31(3)4)32(29(35)28(25)34)18-20-7-6-14-30-17-20/h6-14,16-17,26,33H,5,15,18H2,1-4H3/b27-25+. The van der Waals surface area contributed by atoms with Crippen molar-refractivity contribution < 1.29 is 19.4 Å². The molecule has 2 aromatic carbocycles. The first-order valence-corrected chi connectivity index (χ1v) is 12.0. The highest BCUT2D eigenvalue weighted by Crippen LogP contribution is 2.41. The van der Waals surface area contributed by atoms with Gasteiger partial charge in [0.25, 0.3) is 11.7 Å². The van der Waals surface area contributed by atoms with E-state index < -0.39 is 17.7 Å². The molecule has 2 heterocycles. The summed E-state index contributed by atoms with van der Waals surface area (Å²) in [5, 5.41) is 11.4. The first-order chi connectivity index (χ1) is 17.3. The Morgan fingerprint density at radius 2 is 1.86 bits per heavy atom. The summed E-state index contributed by atoms with van der Waals surface area (Å²) in [6.45, 7) is 4.66. The Hall–Kier alpha value is -4.13. The summed E-state index contributed by atoms with van der Waals surface area (Å²) in [5.74, 6) is -0.853. The maximum atomic E-state index is 13.3. The minimum absolute atomic E-state index is 0.0758. The number of ketones is 1. The Bertz CT molecular complexity index is 1280. The van der Waals surface area contributed by atoms with Gasteiger partial charge in [0.15, 0.2) is 0 Å². The van der Waals surface area contributed by atoms with Gasteiger partial charge in [0.2, 0.25) is 0 Å². The van der Waals surface area contributed by atoms with Crippen LogP contribution in [-0.2, 0) is 16.1 Å². The fourth-order valence-corrected chi connectivity index (χ4v) is 4.39. The molecule has 0 bridgehead atoms. The van der Waals surface area contributed by atoms with Gasteiger partial charge in [-0.1, -0.05) is 25.1 Å². The molecule has 0 aliphatic carbocycles. The number of benzene rings is 2. The Morgan fingerprint density at radius 1 is 1.11 bits per heavy atom. The van der Waals surface area contributed by atoms with Gasteiger partial charge >= 0.3 is 0 Å². The van der Waals surface area contributed by atoms with Crippen molar-refractivity contribution in [2.75, 3.05) is 25.6 Å². The summed E-state index contributed by atoms with van der Waals surface area (Å²) >= 11 is 0. The Labute approximate surface area is 211 Å². The average molecular weight is 486 g/mol. The molecule has 0 saturated carbocycles. The predicted molar refractivity (Wildman–Crippen MR) is 140 cm³/mol. The van der Waals surface area contributed by atoms with Gasteiger partial charge in [-0.3, -0.25) is 14.6 Å². The first kappa shape index (κ1) is 25.0. The molecule has 1 N–H and O–H groups in total. The number of amides is 1. The molecule has 3 aromatic rings. The predicted octanol–water partition coefficient (Wildman–Crippen LogP) is 4.87. The second-order valence-electron chi connectivity index (χ2n) is 9.10. The van der Waals surface area contributed by atoms with Crippen molar-refractivity contribution in [3.8, 4) is 5.75 Å². The Kier molecular flexibility index (Phi) is 7.38.